The number of aryl methyl sites for hydroxylation is 1. The summed E-state index contributed by atoms with van der Waals surface area (Å²) in [5.74, 6) is 0.148. The Balaban J connectivity index is 0.000000172. The second kappa shape index (κ2) is 9.05. The van der Waals surface area contributed by atoms with Crippen LogP contribution in [0.3, 0.4) is 0 Å². The van der Waals surface area contributed by atoms with E-state index >= 15 is 0 Å². The smallest absolute Gasteiger partial charge is 0.267 e. The van der Waals surface area contributed by atoms with Gasteiger partial charge in [-0.2, -0.15) is 0 Å². The SMILES string of the molecule is CCc1nc2cccc(Cl)c2c(=O)n1-c1ccccc1.NC(=O)c1c(N)nn2cncnc12. The predicted molar refractivity (Wildman–Crippen MR) is 125 cm³/mol. The van der Waals surface area contributed by atoms with Gasteiger partial charge < -0.3 is 11.5 Å². The first-order valence-corrected chi connectivity index (χ1v) is 10.3. The minimum absolute atomic E-state index is 0.0630. The Hall–Kier alpha value is -4.31. The average Bonchev–Trinajstić information content (AvgIpc) is 3.15. The van der Waals surface area contributed by atoms with Gasteiger partial charge >= 0.3 is 0 Å². The molecule has 0 fully saturated rings. The maximum Gasteiger partial charge on any atom is 0.267 e. The van der Waals surface area contributed by atoms with Crippen LogP contribution >= 0.6 is 11.6 Å². The monoisotopic (exact) mass is 462 g/mol. The van der Waals surface area contributed by atoms with E-state index < -0.39 is 5.91 Å². The number of primary amides is 1. The molecule has 11 heteroatoms. The second-order valence-corrected chi connectivity index (χ2v) is 7.30. The van der Waals surface area contributed by atoms with Crippen LogP contribution in [-0.2, 0) is 6.42 Å². The highest BCUT2D eigenvalue weighted by atomic mass is 35.5. The first-order valence-electron chi connectivity index (χ1n) is 9.91. The van der Waals surface area contributed by atoms with Gasteiger partial charge in [0.1, 0.15) is 24.0 Å². The number of rotatable bonds is 3. The number of benzene rings is 2. The maximum atomic E-state index is 12.8. The van der Waals surface area contributed by atoms with Crippen molar-refractivity contribution in [3.63, 3.8) is 0 Å². The average molecular weight is 463 g/mol. The van der Waals surface area contributed by atoms with Crippen molar-refractivity contribution in [2.75, 3.05) is 5.73 Å². The Bertz CT molecular complexity index is 1530. The minimum atomic E-state index is -0.647. The number of nitrogen functional groups attached to an aromatic ring is 1. The van der Waals surface area contributed by atoms with Gasteiger partial charge in [-0.3, -0.25) is 14.2 Å². The van der Waals surface area contributed by atoms with Crippen LogP contribution in [0, 0.1) is 0 Å². The molecule has 0 unspecified atom stereocenters. The van der Waals surface area contributed by atoms with Gasteiger partial charge in [0, 0.05) is 6.42 Å². The predicted octanol–water partition coefficient (Wildman–Crippen LogP) is 2.41. The third-order valence-electron chi connectivity index (χ3n) is 4.83. The lowest BCUT2D eigenvalue weighted by Crippen LogP contribution is -2.23. The number of hydrogen-bond acceptors (Lipinski definition) is 7. The van der Waals surface area contributed by atoms with Gasteiger partial charge in [-0.1, -0.05) is 42.8 Å². The molecular weight excluding hydrogens is 444 g/mol. The summed E-state index contributed by atoms with van der Waals surface area (Å²) in [5, 5.41) is 4.71. The van der Waals surface area contributed by atoms with Crippen molar-refractivity contribution in [2.24, 2.45) is 5.73 Å². The van der Waals surface area contributed by atoms with Crippen LogP contribution < -0.4 is 17.0 Å². The van der Waals surface area contributed by atoms with Crippen LogP contribution in [0.4, 0.5) is 5.82 Å². The van der Waals surface area contributed by atoms with E-state index in [1.165, 1.54) is 17.2 Å². The summed E-state index contributed by atoms with van der Waals surface area (Å²) in [4.78, 5) is 35.8. The van der Waals surface area contributed by atoms with E-state index in [4.69, 9.17) is 23.1 Å². The van der Waals surface area contributed by atoms with Gasteiger partial charge in [0.25, 0.3) is 11.5 Å². The zero-order valence-corrected chi connectivity index (χ0v) is 18.3. The lowest BCUT2D eigenvalue weighted by atomic mass is 10.2. The topological polar surface area (TPSA) is 147 Å². The van der Waals surface area contributed by atoms with Crippen molar-refractivity contribution in [3.8, 4) is 5.69 Å². The zero-order chi connectivity index (χ0) is 23.5. The molecule has 2 aromatic carbocycles. The van der Waals surface area contributed by atoms with Crippen molar-refractivity contribution < 1.29 is 4.79 Å². The highest BCUT2D eigenvalue weighted by molar-refractivity contribution is 6.35. The molecule has 5 rings (SSSR count). The van der Waals surface area contributed by atoms with E-state index in [-0.39, 0.29) is 16.9 Å². The fourth-order valence-corrected chi connectivity index (χ4v) is 3.63. The molecule has 0 atom stereocenters. The number of para-hydroxylation sites is 1. The molecule has 0 saturated heterocycles. The number of hydrogen-bond donors (Lipinski definition) is 2. The number of halogens is 1. The number of anilines is 1. The van der Waals surface area contributed by atoms with Gasteiger partial charge in [-0.25, -0.2) is 19.5 Å². The molecule has 3 aromatic heterocycles. The number of nitrogens with two attached hydrogens (primary N) is 2. The summed E-state index contributed by atoms with van der Waals surface area (Å²) >= 11 is 6.16. The van der Waals surface area contributed by atoms with E-state index in [9.17, 15) is 9.59 Å². The molecule has 0 aliphatic carbocycles. The first-order chi connectivity index (χ1) is 15.9. The number of amides is 1. The Labute approximate surface area is 192 Å². The van der Waals surface area contributed by atoms with Crippen molar-refractivity contribution in [2.45, 2.75) is 13.3 Å². The van der Waals surface area contributed by atoms with Gasteiger partial charge in [0.15, 0.2) is 11.5 Å². The number of carbonyl (C=O) groups excluding carboxylic acids is 1. The number of aromatic nitrogens is 6. The standard InChI is InChI=1S/C16H13ClN2O.C6H6N6O/c1-2-14-18-13-10-6-9-12(17)15(13)16(20)19(14)11-7-4-3-5-8-11;7-4-3(5(8)13)6-10-1-9-2-12(6)11-4/h3-10H,2H2,1H3;1-2H,(H2,7,11)(H2,8,13). The van der Waals surface area contributed by atoms with Crippen molar-refractivity contribution in [3.05, 3.63) is 87.9 Å². The summed E-state index contributed by atoms with van der Waals surface area (Å²) in [6.45, 7) is 1.98. The Morgan fingerprint density at radius 3 is 2.58 bits per heavy atom. The fraction of sp³-hybridized carbons (Fsp3) is 0.0909. The lowest BCUT2D eigenvalue weighted by molar-refractivity contribution is 0.100. The summed E-state index contributed by atoms with van der Waals surface area (Å²) in [5.41, 5.74) is 12.3. The Kier molecular flexibility index (Phi) is 6.01. The zero-order valence-electron chi connectivity index (χ0n) is 17.5. The molecule has 0 bridgehead atoms. The van der Waals surface area contributed by atoms with Gasteiger partial charge in [-0.05, 0) is 24.3 Å². The molecule has 0 aliphatic rings. The van der Waals surface area contributed by atoms with Crippen molar-refractivity contribution in [1.82, 2.24) is 29.1 Å². The molecule has 4 N–H and O–H groups in total. The Morgan fingerprint density at radius 2 is 1.88 bits per heavy atom. The van der Waals surface area contributed by atoms with Gasteiger partial charge in [0.05, 0.1) is 21.6 Å². The van der Waals surface area contributed by atoms with Crippen LogP contribution in [0.2, 0.25) is 5.02 Å². The quantitative estimate of drug-likeness (QED) is 0.418. The third-order valence-corrected chi connectivity index (χ3v) is 5.14. The second-order valence-electron chi connectivity index (χ2n) is 6.89. The molecule has 3 heterocycles. The van der Waals surface area contributed by atoms with Crippen LogP contribution in [0.15, 0.2) is 66.0 Å². The molecular formula is C22H19ClN8O2. The molecule has 0 radical (unpaired) electrons. The van der Waals surface area contributed by atoms with Crippen LogP contribution in [-0.4, -0.2) is 35.0 Å². The molecule has 1 amide bonds. The summed E-state index contributed by atoms with van der Waals surface area (Å²) < 4.78 is 2.93. The number of carbonyl (C=O) groups is 1. The molecule has 166 valence electrons. The van der Waals surface area contributed by atoms with Gasteiger partial charge in [-0.15, -0.1) is 5.10 Å². The summed E-state index contributed by atoms with van der Waals surface area (Å²) in [6.07, 6.45) is 3.36. The van der Waals surface area contributed by atoms with E-state index in [1.807, 2.05) is 49.4 Å². The van der Waals surface area contributed by atoms with Gasteiger partial charge in [0.2, 0.25) is 0 Å². The highest BCUT2D eigenvalue weighted by Gasteiger charge is 2.16. The molecule has 0 spiro atoms. The first kappa shape index (κ1) is 21.9. The lowest BCUT2D eigenvalue weighted by Gasteiger charge is -2.12. The fourth-order valence-electron chi connectivity index (χ4n) is 3.38. The molecule has 5 aromatic rings. The molecule has 0 saturated carbocycles. The van der Waals surface area contributed by atoms with E-state index in [1.54, 1.807) is 10.6 Å². The third kappa shape index (κ3) is 4.11. The normalized spacial score (nSPS) is 10.7. The molecule has 0 aliphatic heterocycles. The Morgan fingerprint density at radius 1 is 1.12 bits per heavy atom. The summed E-state index contributed by atoms with van der Waals surface area (Å²) in [7, 11) is 0. The number of fused-ring (bicyclic) bond motifs is 2. The van der Waals surface area contributed by atoms with Crippen LogP contribution in [0.5, 0.6) is 0 Å². The van der Waals surface area contributed by atoms with Crippen LogP contribution in [0.1, 0.15) is 23.1 Å². The maximum absolute atomic E-state index is 12.8. The van der Waals surface area contributed by atoms with E-state index in [0.717, 1.165) is 11.5 Å². The highest BCUT2D eigenvalue weighted by Crippen LogP contribution is 2.20. The largest absolute Gasteiger partial charge is 0.381 e. The number of nitrogens with zero attached hydrogens (tertiary/aromatic N) is 6. The minimum Gasteiger partial charge on any atom is -0.381 e. The van der Waals surface area contributed by atoms with Crippen molar-refractivity contribution in [1.29, 1.82) is 0 Å². The van der Waals surface area contributed by atoms with Crippen molar-refractivity contribution >= 4 is 39.9 Å². The molecule has 33 heavy (non-hydrogen) atoms. The molecule has 10 nitrogen and oxygen atoms in total. The summed E-state index contributed by atoms with van der Waals surface area (Å²) in [6, 6.07) is 14.8. The van der Waals surface area contributed by atoms with E-state index in [0.29, 0.717) is 28.0 Å². The van der Waals surface area contributed by atoms with E-state index in [2.05, 4.69) is 20.1 Å². The van der Waals surface area contributed by atoms with Crippen LogP contribution in [0.25, 0.3) is 22.2 Å².